The Hall–Kier alpha value is -0.770. The monoisotopic (exact) mass is 354 g/mol. The zero-order valence-electron chi connectivity index (χ0n) is 13.6. The van der Waals surface area contributed by atoms with Gasteiger partial charge in [-0.2, -0.15) is 0 Å². The number of carbonyl (C=O) groups excluding carboxylic acids is 1. The topological polar surface area (TPSA) is 41.1 Å². The van der Waals surface area contributed by atoms with Crippen LogP contribution in [0, 0.1) is 17.8 Å². The fourth-order valence-corrected chi connectivity index (χ4v) is 4.90. The van der Waals surface area contributed by atoms with Crippen molar-refractivity contribution < 1.29 is 4.79 Å². The van der Waals surface area contributed by atoms with E-state index >= 15 is 0 Å². The summed E-state index contributed by atoms with van der Waals surface area (Å²) in [4.78, 5) is 12.4. The Morgan fingerprint density at radius 3 is 2.39 bits per heavy atom. The smallest absolute Gasteiger partial charge is 0.241 e. The molecule has 0 radical (unpaired) electrons. The summed E-state index contributed by atoms with van der Waals surface area (Å²) in [7, 11) is 0. The highest BCUT2D eigenvalue weighted by atomic mass is 35.5. The number of halogens is 2. The van der Waals surface area contributed by atoms with Gasteiger partial charge in [0.15, 0.2) is 0 Å². The van der Waals surface area contributed by atoms with Gasteiger partial charge in [-0.05, 0) is 69.1 Å². The van der Waals surface area contributed by atoms with Gasteiger partial charge in [0.1, 0.15) is 0 Å². The van der Waals surface area contributed by atoms with Crippen molar-refractivity contribution in [2.24, 2.45) is 17.8 Å². The zero-order chi connectivity index (χ0) is 16.6. The lowest BCUT2D eigenvalue weighted by atomic mass is 9.84. The Bertz CT molecular complexity index is 572. The van der Waals surface area contributed by atoms with E-state index in [0.29, 0.717) is 27.7 Å². The molecule has 126 valence electrons. The minimum atomic E-state index is -0.248. The van der Waals surface area contributed by atoms with Crippen LogP contribution < -0.4 is 10.6 Å². The standard InChI is InChI=1S/C18H24Cl2N2O/c1-10(17-6-12-3-4-13(17)5-12)21-11(2)18(23)22-16-8-14(19)7-15(20)9-16/h7-13,17,21H,3-6H2,1-2H3,(H,22,23)/t10-,11-,12-,13-,17-/m0/s1. The van der Waals surface area contributed by atoms with Crippen LogP contribution in [0.4, 0.5) is 5.69 Å². The molecule has 2 fully saturated rings. The average Bonchev–Trinajstić information content (AvgIpc) is 3.08. The van der Waals surface area contributed by atoms with E-state index in [1.165, 1.54) is 25.7 Å². The van der Waals surface area contributed by atoms with Crippen molar-refractivity contribution in [1.29, 1.82) is 0 Å². The van der Waals surface area contributed by atoms with Gasteiger partial charge < -0.3 is 10.6 Å². The molecular formula is C18H24Cl2N2O. The van der Waals surface area contributed by atoms with E-state index in [-0.39, 0.29) is 11.9 Å². The summed E-state index contributed by atoms with van der Waals surface area (Å²) in [6.45, 7) is 4.12. The molecule has 2 aliphatic rings. The van der Waals surface area contributed by atoms with Crippen LogP contribution in [0.15, 0.2) is 18.2 Å². The molecule has 0 saturated heterocycles. The number of hydrogen-bond donors (Lipinski definition) is 2. The van der Waals surface area contributed by atoms with Crippen molar-refractivity contribution in [3.8, 4) is 0 Å². The van der Waals surface area contributed by atoms with Crippen molar-refractivity contribution in [3.63, 3.8) is 0 Å². The van der Waals surface area contributed by atoms with Gasteiger partial charge in [0.2, 0.25) is 5.91 Å². The SMILES string of the molecule is C[C@H](N[C@@H](C)[C@@H]1C[C@H]2CC[C@H]1C2)C(=O)Nc1cc(Cl)cc(Cl)c1. The first-order chi connectivity index (χ1) is 10.9. The van der Waals surface area contributed by atoms with Crippen molar-refractivity contribution >= 4 is 34.8 Å². The van der Waals surface area contributed by atoms with Gasteiger partial charge in [0.25, 0.3) is 0 Å². The lowest BCUT2D eigenvalue weighted by Crippen LogP contribution is -2.46. The van der Waals surface area contributed by atoms with E-state index in [9.17, 15) is 4.79 Å². The van der Waals surface area contributed by atoms with E-state index in [1.54, 1.807) is 18.2 Å². The number of hydrogen-bond acceptors (Lipinski definition) is 2. The molecule has 2 N–H and O–H groups in total. The molecule has 2 bridgehead atoms. The third-order valence-electron chi connectivity index (χ3n) is 5.47. The summed E-state index contributed by atoms with van der Waals surface area (Å²) in [5.74, 6) is 2.43. The van der Waals surface area contributed by atoms with Crippen molar-refractivity contribution in [1.82, 2.24) is 5.32 Å². The summed E-state index contributed by atoms with van der Waals surface area (Å²) < 4.78 is 0. The Labute approximate surface area is 148 Å². The summed E-state index contributed by atoms with van der Waals surface area (Å²) in [5, 5.41) is 7.40. The average molecular weight is 355 g/mol. The lowest BCUT2D eigenvalue weighted by Gasteiger charge is -2.30. The summed E-state index contributed by atoms with van der Waals surface area (Å²) in [6.07, 6.45) is 5.47. The third kappa shape index (κ3) is 4.01. The molecule has 0 heterocycles. The summed E-state index contributed by atoms with van der Waals surface area (Å²) in [6, 6.07) is 5.18. The molecular weight excluding hydrogens is 331 g/mol. The predicted molar refractivity (Wildman–Crippen MR) is 96.1 cm³/mol. The fourth-order valence-electron chi connectivity index (χ4n) is 4.38. The molecule has 0 aromatic heterocycles. The summed E-state index contributed by atoms with van der Waals surface area (Å²) in [5.41, 5.74) is 0.633. The maximum atomic E-state index is 12.4. The van der Waals surface area contributed by atoms with Crippen molar-refractivity contribution in [2.75, 3.05) is 5.32 Å². The highest BCUT2D eigenvalue weighted by molar-refractivity contribution is 6.35. The number of carbonyl (C=O) groups is 1. The first-order valence-electron chi connectivity index (χ1n) is 8.45. The van der Waals surface area contributed by atoms with E-state index in [2.05, 4.69) is 17.6 Å². The number of anilines is 1. The van der Waals surface area contributed by atoms with E-state index in [1.807, 2.05) is 6.92 Å². The van der Waals surface area contributed by atoms with Gasteiger partial charge in [-0.25, -0.2) is 0 Å². The number of amides is 1. The highest BCUT2D eigenvalue weighted by Gasteiger charge is 2.42. The van der Waals surface area contributed by atoms with Crippen LogP contribution in [0.1, 0.15) is 39.5 Å². The molecule has 3 rings (SSSR count). The number of fused-ring (bicyclic) bond motifs is 2. The highest BCUT2D eigenvalue weighted by Crippen LogP contribution is 2.49. The van der Waals surface area contributed by atoms with Gasteiger partial charge in [-0.15, -0.1) is 0 Å². The van der Waals surface area contributed by atoms with Crippen LogP contribution in [0.3, 0.4) is 0 Å². The molecule has 1 aromatic rings. The van der Waals surface area contributed by atoms with Crippen LogP contribution in [0.5, 0.6) is 0 Å². The molecule has 0 unspecified atom stereocenters. The maximum Gasteiger partial charge on any atom is 0.241 e. The molecule has 3 nitrogen and oxygen atoms in total. The number of benzene rings is 1. The van der Waals surface area contributed by atoms with Crippen LogP contribution in [0.25, 0.3) is 0 Å². The third-order valence-corrected chi connectivity index (χ3v) is 5.91. The fraction of sp³-hybridized carbons (Fsp3) is 0.611. The molecule has 2 saturated carbocycles. The Balaban J connectivity index is 1.55. The lowest BCUT2D eigenvalue weighted by molar-refractivity contribution is -0.118. The number of nitrogens with one attached hydrogen (secondary N) is 2. The Morgan fingerprint density at radius 2 is 1.83 bits per heavy atom. The van der Waals surface area contributed by atoms with E-state index in [4.69, 9.17) is 23.2 Å². The zero-order valence-corrected chi connectivity index (χ0v) is 15.1. The number of rotatable bonds is 5. The molecule has 5 heteroatoms. The minimum Gasteiger partial charge on any atom is -0.325 e. The second-order valence-corrected chi connectivity index (χ2v) is 8.04. The Kier molecular flexibility index (Phi) is 5.19. The van der Waals surface area contributed by atoms with E-state index in [0.717, 1.165) is 11.8 Å². The van der Waals surface area contributed by atoms with Crippen molar-refractivity contribution in [3.05, 3.63) is 28.2 Å². The molecule has 2 aliphatic carbocycles. The van der Waals surface area contributed by atoms with Gasteiger partial charge in [-0.3, -0.25) is 4.79 Å². The molecule has 0 spiro atoms. The molecule has 23 heavy (non-hydrogen) atoms. The first-order valence-corrected chi connectivity index (χ1v) is 9.21. The maximum absolute atomic E-state index is 12.4. The van der Waals surface area contributed by atoms with Crippen molar-refractivity contribution in [2.45, 2.75) is 51.6 Å². The summed E-state index contributed by atoms with van der Waals surface area (Å²) >= 11 is 11.9. The first kappa shape index (κ1) is 17.1. The van der Waals surface area contributed by atoms with Gasteiger partial charge in [-0.1, -0.05) is 29.6 Å². The van der Waals surface area contributed by atoms with Crippen LogP contribution >= 0.6 is 23.2 Å². The molecule has 1 aromatic carbocycles. The molecule has 0 aliphatic heterocycles. The predicted octanol–water partition coefficient (Wildman–Crippen LogP) is 4.73. The second-order valence-electron chi connectivity index (χ2n) is 7.16. The quantitative estimate of drug-likeness (QED) is 0.801. The van der Waals surface area contributed by atoms with Crippen LogP contribution in [-0.4, -0.2) is 18.0 Å². The minimum absolute atomic E-state index is 0.0571. The van der Waals surface area contributed by atoms with Gasteiger partial charge in [0.05, 0.1) is 6.04 Å². The van der Waals surface area contributed by atoms with Gasteiger partial charge >= 0.3 is 0 Å². The Morgan fingerprint density at radius 1 is 1.13 bits per heavy atom. The molecule has 1 amide bonds. The normalized spacial score (nSPS) is 28.6. The largest absolute Gasteiger partial charge is 0.325 e. The second kappa shape index (κ2) is 7.00. The van der Waals surface area contributed by atoms with E-state index < -0.39 is 0 Å². The molecule has 5 atom stereocenters. The van der Waals surface area contributed by atoms with Crippen LogP contribution in [-0.2, 0) is 4.79 Å². The van der Waals surface area contributed by atoms with Gasteiger partial charge in [0, 0.05) is 21.8 Å². The van der Waals surface area contributed by atoms with Crippen LogP contribution in [0.2, 0.25) is 10.0 Å².